The number of nitrogens with zero attached hydrogens (tertiary/aromatic N) is 1. The van der Waals surface area contributed by atoms with Crippen LogP contribution in [-0.4, -0.2) is 31.7 Å². The van der Waals surface area contributed by atoms with E-state index < -0.39 is 0 Å². The van der Waals surface area contributed by atoms with E-state index >= 15 is 0 Å². The Morgan fingerprint density at radius 3 is 1.08 bits per heavy atom. The van der Waals surface area contributed by atoms with Crippen molar-refractivity contribution in [1.82, 2.24) is 5.53 Å². The molecule has 0 aromatic heterocycles. The predicted molar refractivity (Wildman–Crippen MR) is 109 cm³/mol. The van der Waals surface area contributed by atoms with Crippen molar-refractivity contribution >= 4 is 0 Å². The molecule has 0 fully saturated rings. The van der Waals surface area contributed by atoms with Crippen molar-refractivity contribution in [2.24, 2.45) is 11.7 Å². The van der Waals surface area contributed by atoms with Gasteiger partial charge in [0.25, 0.3) is 0 Å². The molecule has 0 saturated heterocycles. The van der Waals surface area contributed by atoms with E-state index in [4.69, 9.17) is 0 Å². The van der Waals surface area contributed by atoms with Crippen LogP contribution in [0.1, 0.15) is 104 Å². The Labute approximate surface area is 165 Å². The van der Waals surface area contributed by atoms with Crippen molar-refractivity contribution in [1.29, 1.82) is 0 Å². The molecular formula is C20H49ClN4. The normalized spacial score (nSPS) is 10.8. The van der Waals surface area contributed by atoms with Crippen LogP contribution < -0.4 is 29.6 Å². The zero-order chi connectivity index (χ0) is 18.5. The van der Waals surface area contributed by atoms with E-state index in [0.29, 0.717) is 0 Å². The lowest BCUT2D eigenvalue weighted by Crippen LogP contribution is -3.00. The molecule has 0 spiro atoms. The fourth-order valence-corrected chi connectivity index (χ4v) is 3.11. The highest BCUT2D eigenvalue weighted by atomic mass is 35.5. The lowest BCUT2D eigenvalue weighted by atomic mass is 10.1. The average molecular weight is 381 g/mol. The van der Waals surface area contributed by atoms with Gasteiger partial charge in [-0.1, -0.05) is 78.1 Å². The Hall–Kier alpha value is 0.130. The van der Waals surface area contributed by atoms with Gasteiger partial charge in [0.2, 0.25) is 0 Å². The molecule has 25 heavy (non-hydrogen) atoms. The standard InChI is InChI=1S/C20H44N.ClH.H5N3/c1-5-7-9-11-13-14-16-18-20-21(3,4)19-17-15-12-10-8-6-2;;1-3-2/h5-20H2,1-4H3;1H;3H,1-2H2/q+1;;/p-1. The number of hydrogen-bond donors (Lipinski definition) is 3. The second kappa shape index (κ2) is 24.1. The van der Waals surface area contributed by atoms with Crippen molar-refractivity contribution in [3.05, 3.63) is 0 Å². The zero-order valence-corrected chi connectivity index (χ0v) is 18.5. The largest absolute Gasteiger partial charge is 1.00 e. The molecule has 156 valence electrons. The first-order chi connectivity index (χ1) is 11.5. The molecule has 0 aromatic rings. The minimum Gasteiger partial charge on any atom is -1.00 e. The second-order valence-electron chi connectivity index (χ2n) is 7.79. The fraction of sp³-hybridized carbons (Fsp3) is 1.00. The number of hydrazine groups is 2. The summed E-state index contributed by atoms with van der Waals surface area (Å²) in [6, 6.07) is 0. The van der Waals surface area contributed by atoms with E-state index in [0.717, 1.165) is 0 Å². The van der Waals surface area contributed by atoms with Crippen LogP contribution in [0.15, 0.2) is 0 Å². The molecular weight excluding hydrogens is 332 g/mol. The predicted octanol–water partition coefficient (Wildman–Crippen LogP) is 1.89. The summed E-state index contributed by atoms with van der Waals surface area (Å²) in [7, 11) is 4.85. The number of quaternary nitrogens is 1. The molecule has 5 heteroatoms. The zero-order valence-electron chi connectivity index (χ0n) is 17.8. The van der Waals surface area contributed by atoms with Crippen LogP contribution in [0, 0.1) is 0 Å². The van der Waals surface area contributed by atoms with Gasteiger partial charge in [0.15, 0.2) is 0 Å². The van der Waals surface area contributed by atoms with Gasteiger partial charge in [-0.3, -0.25) is 11.7 Å². The van der Waals surface area contributed by atoms with Gasteiger partial charge in [0, 0.05) is 0 Å². The number of nitrogens with one attached hydrogen (secondary N) is 1. The van der Waals surface area contributed by atoms with E-state index in [9.17, 15) is 0 Å². The quantitative estimate of drug-likeness (QED) is 0.166. The first-order valence-corrected chi connectivity index (χ1v) is 10.5. The summed E-state index contributed by atoms with van der Waals surface area (Å²) < 4.78 is 1.24. The maximum atomic E-state index is 4.38. The summed E-state index contributed by atoms with van der Waals surface area (Å²) in [4.78, 5) is 0. The Kier molecular flexibility index (Phi) is 28.8. The summed E-state index contributed by atoms with van der Waals surface area (Å²) in [5.41, 5.74) is 1.75. The molecule has 0 aliphatic heterocycles. The van der Waals surface area contributed by atoms with Crippen LogP contribution >= 0.6 is 0 Å². The first-order valence-electron chi connectivity index (χ1n) is 10.5. The van der Waals surface area contributed by atoms with E-state index in [1.807, 2.05) is 0 Å². The number of rotatable bonds is 16. The van der Waals surface area contributed by atoms with Crippen molar-refractivity contribution < 1.29 is 16.9 Å². The highest BCUT2D eigenvalue weighted by Crippen LogP contribution is 2.12. The molecule has 0 unspecified atom stereocenters. The van der Waals surface area contributed by atoms with Crippen molar-refractivity contribution in [3.63, 3.8) is 0 Å². The summed E-state index contributed by atoms with van der Waals surface area (Å²) >= 11 is 0. The molecule has 0 saturated carbocycles. The summed E-state index contributed by atoms with van der Waals surface area (Å²) in [6.07, 6.45) is 20.1. The molecule has 0 heterocycles. The number of hydrogen-bond acceptors (Lipinski definition) is 3. The Morgan fingerprint density at radius 1 is 0.560 bits per heavy atom. The maximum Gasteiger partial charge on any atom is 0.0782 e. The molecule has 5 N–H and O–H groups in total. The number of nitrogens with two attached hydrogens (primary N) is 2. The topological polar surface area (TPSA) is 64.1 Å². The Bertz CT molecular complexity index is 226. The van der Waals surface area contributed by atoms with Gasteiger partial charge in [-0.05, 0) is 25.7 Å². The highest BCUT2D eigenvalue weighted by molar-refractivity contribution is 4.48. The molecule has 0 aromatic carbocycles. The van der Waals surface area contributed by atoms with Crippen molar-refractivity contribution in [2.45, 2.75) is 104 Å². The minimum absolute atomic E-state index is 0. The van der Waals surface area contributed by atoms with Crippen LogP contribution in [-0.2, 0) is 0 Å². The molecule has 0 radical (unpaired) electrons. The molecule has 4 nitrogen and oxygen atoms in total. The van der Waals surface area contributed by atoms with E-state index in [1.165, 1.54) is 107 Å². The molecule has 0 aliphatic carbocycles. The first kappa shape index (κ1) is 29.9. The van der Waals surface area contributed by atoms with Gasteiger partial charge in [-0.2, -0.15) is 5.53 Å². The minimum atomic E-state index is 0. The second-order valence-corrected chi connectivity index (χ2v) is 7.79. The molecule has 0 atom stereocenters. The third-order valence-electron chi connectivity index (χ3n) is 4.73. The fourth-order valence-electron chi connectivity index (χ4n) is 3.11. The van der Waals surface area contributed by atoms with Crippen molar-refractivity contribution in [2.75, 3.05) is 27.2 Å². The monoisotopic (exact) mass is 380 g/mol. The van der Waals surface area contributed by atoms with Gasteiger partial charge in [0.05, 0.1) is 27.2 Å². The van der Waals surface area contributed by atoms with Gasteiger partial charge < -0.3 is 16.9 Å². The van der Waals surface area contributed by atoms with Crippen molar-refractivity contribution in [3.8, 4) is 0 Å². The third kappa shape index (κ3) is 29.2. The van der Waals surface area contributed by atoms with Crippen LogP contribution in [0.3, 0.4) is 0 Å². The highest BCUT2D eigenvalue weighted by Gasteiger charge is 2.13. The van der Waals surface area contributed by atoms with E-state index in [-0.39, 0.29) is 12.4 Å². The summed E-state index contributed by atoms with van der Waals surface area (Å²) in [6.45, 7) is 7.35. The van der Waals surface area contributed by atoms with Crippen LogP contribution in [0.4, 0.5) is 0 Å². The number of unbranched alkanes of at least 4 members (excludes halogenated alkanes) is 12. The Morgan fingerprint density at radius 2 is 0.800 bits per heavy atom. The summed E-state index contributed by atoms with van der Waals surface area (Å²) in [5.74, 6) is 8.75. The maximum absolute atomic E-state index is 4.38. The van der Waals surface area contributed by atoms with Gasteiger partial charge >= 0.3 is 0 Å². The van der Waals surface area contributed by atoms with Crippen LogP contribution in [0.2, 0.25) is 0 Å². The van der Waals surface area contributed by atoms with Crippen LogP contribution in [0.25, 0.3) is 0 Å². The van der Waals surface area contributed by atoms with Gasteiger partial charge in [-0.25, -0.2) is 0 Å². The molecule has 0 amide bonds. The Balaban J connectivity index is -0.00000112. The van der Waals surface area contributed by atoms with Crippen LogP contribution in [0.5, 0.6) is 0 Å². The third-order valence-corrected chi connectivity index (χ3v) is 4.73. The average Bonchev–Trinajstić information content (AvgIpc) is 2.54. The SMILES string of the molecule is CCCCCCCCCC[N+](C)(C)CCCCCCCC.NNN.[Cl-]. The lowest BCUT2D eigenvalue weighted by Gasteiger charge is -2.30. The number of halogens is 1. The smallest absolute Gasteiger partial charge is 0.0782 e. The lowest BCUT2D eigenvalue weighted by molar-refractivity contribution is -0.890. The van der Waals surface area contributed by atoms with E-state index in [2.05, 4.69) is 39.6 Å². The van der Waals surface area contributed by atoms with Gasteiger partial charge in [-0.15, -0.1) is 0 Å². The molecule has 0 bridgehead atoms. The molecule has 0 aliphatic rings. The molecule has 0 rings (SSSR count). The van der Waals surface area contributed by atoms with Gasteiger partial charge in [0.1, 0.15) is 0 Å². The van der Waals surface area contributed by atoms with E-state index in [1.54, 1.807) is 5.53 Å². The summed E-state index contributed by atoms with van der Waals surface area (Å²) in [5, 5.41) is 0.